The van der Waals surface area contributed by atoms with Crippen LogP contribution in [-0.4, -0.2) is 53.8 Å². The summed E-state index contributed by atoms with van der Waals surface area (Å²) < 4.78 is 43.7. The summed E-state index contributed by atoms with van der Waals surface area (Å²) in [6.45, 7) is -0.0933. The fraction of sp³-hybridized carbons (Fsp3) is 0.600. The predicted molar refractivity (Wildman–Crippen MR) is 79.4 cm³/mol. The highest BCUT2D eigenvalue weighted by Gasteiger charge is 2.32. The maximum absolute atomic E-state index is 12.3. The van der Waals surface area contributed by atoms with Gasteiger partial charge in [0.1, 0.15) is 5.69 Å². The number of aromatic nitrogens is 1. The Morgan fingerprint density at radius 2 is 1.96 bits per heavy atom. The lowest BCUT2D eigenvalue weighted by Crippen LogP contribution is -2.41. The van der Waals surface area contributed by atoms with Crippen LogP contribution in [-0.2, 0) is 11.8 Å². The van der Waals surface area contributed by atoms with Crippen molar-refractivity contribution >= 4 is 11.9 Å². The second-order valence-corrected chi connectivity index (χ2v) is 6.02. The van der Waals surface area contributed by atoms with Crippen molar-refractivity contribution in [3.05, 3.63) is 23.5 Å². The summed E-state index contributed by atoms with van der Waals surface area (Å²) >= 11 is 0. The van der Waals surface area contributed by atoms with Gasteiger partial charge in [0.2, 0.25) is 5.91 Å². The van der Waals surface area contributed by atoms with E-state index in [9.17, 15) is 22.8 Å². The normalized spacial score (nSPS) is 17.0. The Morgan fingerprint density at radius 3 is 2.46 bits per heavy atom. The summed E-state index contributed by atoms with van der Waals surface area (Å²) in [7, 11) is 1.60. The van der Waals surface area contributed by atoms with Crippen molar-refractivity contribution in [3.63, 3.8) is 0 Å². The molecule has 0 atom stereocenters. The molecule has 0 spiro atoms. The number of ether oxygens (including phenoxy) is 1. The number of carbonyl (C=O) groups excluding carboxylic acids is 2. The lowest BCUT2D eigenvalue weighted by molar-refractivity contribution is -0.148. The highest BCUT2D eigenvalue weighted by atomic mass is 19.4. The number of hydrogen-bond donors (Lipinski definition) is 1. The molecule has 2 heterocycles. The van der Waals surface area contributed by atoms with Gasteiger partial charge in [0.25, 0.3) is 0 Å². The number of rotatable bonds is 5. The number of likely N-dealkylation sites (tertiary alicyclic amines) is 1. The summed E-state index contributed by atoms with van der Waals surface area (Å²) in [5.41, 5.74) is 5.57. The summed E-state index contributed by atoms with van der Waals surface area (Å²) in [5, 5.41) is 0. The van der Waals surface area contributed by atoms with Crippen molar-refractivity contribution in [1.29, 1.82) is 0 Å². The van der Waals surface area contributed by atoms with Crippen LogP contribution in [0.4, 0.5) is 13.2 Å². The van der Waals surface area contributed by atoms with E-state index >= 15 is 0 Å². The molecular formula is C15H20F3N3O3. The molecule has 1 aromatic heterocycles. The van der Waals surface area contributed by atoms with Crippen molar-refractivity contribution in [1.82, 2.24) is 9.47 Å². The number of aryl methyl sites for hydroxylation is 1. The summed E-state index contributed by atoms with van der Waals surface area (Å²) in [5.74, 6) is -1.18. The molecule has 1 aliphatic rings. The van der Waals surface area contributed by atoms with Gasteiger partial charge in [-0.3, -0.25) is 9.69 Å². The van der Waals surface area contributed by atoms with Crippen molar-refractivity contribution < 1.29 is 27.5 Å². The first-order chi connectivity index (χ1) is 11.2. The van der Waals surface area contributed by atoms with E-state index in [1.807, 2.05) is 0 Å². The fourth-order valence-electron chi connectivity index (χ4n) is 2.73. The number of hydrogen-bond acceptors (Lipinski definition) is 4. The van der Waals surface area contributed by atoms with Gasteiger partial charge in [-0.25, -0.2) is 4.79 Å². The van der Waals surface area contributed by atoms with Crippen LogP contribution >= 0.6 is 0 Å². The number of nitrogens with zero attached hydrogens (tertiary/aromatic N) is 2. The lowest BCUT2D eigenvalue weighted by atomic mass is 9.98. The number of piperidine rings is 1. The molecule has 2 rings (SSSR count). The summed E-state index contributed by atoms with van der Waals surface area (Å²) in [6, 6.07) is 1.36. The number of carbonyl (C=O) groups is 2. The average molecular weight is 347 g/mol. The van der Waals surface area contributed by atoms with E-state index in [-0.39, 0.29) is 23.8 Å². The van der Waals surface area contributed by atoms with Crippen molar-refractivity contribution in [2.45, 2.75) is 19.0 Å². The molecule has 0 aromatic carbocycles. The highest BCUT2D eigenvalue weighted by molar-refractivity contribution is 5.96. The third kappa shape index (κ3) is 4.98. The smallest absolute Gasteiger partial charge is 0.401 e. The zero-order chi connectivity index (χ0) is 17.9. The van der Waals surface area contributed by atoms with Gasteiger partial charge in [-0.05, 0) is 37.9 Å². The molecule has 1 saturated heterocycles. The van der Waals surface area contributed by atoms with Gasteiger partial charge < -0.3 is 15.0 Å². The summed E-state index contributed by atoms with van der Waals surface area (Å²) in [6.07, 6.45) is -1.66. The number of halogens is 3. The molecule has 0 unspecified atom stereocenters. The van der Waals surface area contributed by atoms with Crippen LogP contribution in [0.25, 0.3) is 0 Å². The van der Waals surface area contributed by atoms with Crippen LogP contribution in [0.15, 0.2) is 12.3 Å². The zero-order valence-electron chi connectivity index (χ0n) is 13.3. The highest BCUT2D eigenvalue weighted by Crippen LogP contribution is 2.23. The van der Waals surface area contributed by atoms with Gasteiger partial charge in [-0.15, -0.1) is 0 Å². The first-order valence-corrected chi connectivity index (χ1v) is 7.58. The minimum Gasteiger partial charge on any atom is -0.461 e. The van der Waals surface area contributed by atoms with E-state index < -0.39 is 24.6 Å². The van der Waals surface area contributed by atoms with Crippen LogP contribution in [0, 0.1) is 5.92 Å². The van der Waals surface area contributed by atoms with Crippen LogP contribution in [0.3, 0.4) is 0 Å². The van der Waals surface area contributed by atoms with Crippen LogP contribution in [0.2, 0.25) is 0 Å². The number of amides is 1. The topological polar surface area (TPSA) is 77.6 Å². The van der Waals surface area contributed by atoms with Gasteiger partial charge in [0.05, 0.1) is 18.7 Å². The second-order valence-electron chi connectivity index (χ2n) is 6.02. The van der Waals surface area contributed by atoms with Gasteiger partial charge in [-0.1, -0.05) is 0 Å². The molecule has 2 N–H and O–H groups in total. The Hall–Kier alpha value is -2.03. The van der Waals surface area contributed by atoms with Crippen molar-refractivity contribution in [2.75, 3.05) is 26.2 Å². The predicted octanol–water partition coefficient (Wildman–Crippen LogP) is 1.56. The molecule has 0 radical (unpaired) electrons. The molecule has 1 amide bonds. The first-order valence-electron chi connectivity index (χ1n) is 7.58. The first kappa shape index (κ1) is 18.3. The van der Waals surface area contributed by atoms with E-state index in [1.54, 1.807) is 7.05 Å². The van der Waals surface area contributed by atoms with Crippen molar-refractivity contribution in [3.8, 4) is 0 Å². The van der Waals surface area contributed by atoms with Gasteiger partial charge in [0, 0.05) is 13.2 Å². The number of primary amides is 1. The molecule has 24 heavy (non-hydrogen) atoms. The number of alkyl halides is 3. The largest absolute Gasteiger partial charge is 0.461 e. The molecule has 1 fully saturated rings. The van der Waals surface area contributed by atoms with E-state index in [0.29, 0.717) is 25.9 Å². The lowest BCUT2D eigenvalue weighted by Gasteiger charge is -2.31. The second kappa shape index (κ2) is 7.25. The fourth-order valence-corrected chi connectivity index (χ4v) is 2.73. The summed E-state index contributed by atoms with van der Waals surface area (Å²) in [4.78, 5) is 24.5. The molecular weight excluding hydrogens is 327 g/mol. The van der Waals surface area contributed by atoms with E-state index in [4.69, 9.17) is 10.5 Å². The third-order valence-corrected chi connectivity index (χ3v) is 4.06. The molecule has 1 aliphatic heterocycles. The van der Waals surface area contributed by atoms with E-state index in [2.05, 4.69) is 0 Å². The minimum atomic E-state index is -4.19. The van der Waals surface area contributed by atoms with Crippen LogP contribution in [0.1, 0.15) is 33.7 Å². The zero-order valence-corrected chi connectivity index (χ0v) is 13.3. The number of nitrogens with two attached hydrogens (primary N) is 1. The molecule has 1 aromatic rings. The van der Waals surface area contributed by atoms with Crippen LogP contribution in [0.5, 0.6) is 0 Å². The molecule has 0 saturated carbocycles. The monoisotopic (exact) mass is 347 g/mol. The van der Waals surface area contributed by atoms with Crippen molar-refractivity contribution in [2.24, 2.45) is 18.7 Å². The molecule has 0 aliphatic carbocycles. The Labute approximate surface area is 137 Å². The Kier molecular flexibility index (Phi) is 5.53. The van der Waals surface area contributed by atoms with E-state index in [1.165, 1.54) is 21.7 Å². The minimum absolute atomic E-state index is 0.0364. The maximum Gasteiger partial charge on any atom is 0.401 e. The van der Waals surface area contributed by atoms with E-state index in [0.717, 1.165) is 0 Å². The maximum atomic E-state index is 12.3. The molecule has 0 bridgehead atoms. The molecule has 9 heteroatoms. The average Bonchev–Trinajstić information content (AvgIpc) is 2.87. The Morgan fingerprint density at radius 1 is 1.33 bits per heavy atom. The van der Waals surface area contributed by atoms with Gasteiger partial charge >= 0.3 is 12.1 Å². The van der Waals surface area contributed by atoms with Gasteiger partial charge in [0.15, 0.2) is 0 Å². The third-order valence-electron chi connectivity index (χ3n) is 4.06. The number of esters is 1. The van der Waals surface area contributed by atoms with Gasteiger partial charge in [-0.2, -0.15) is 13.2 Å². The standard InChI is InChI=1S/C15H20F3N3O3/c1-20-7-11(13(19)22)6-12(20)14(23)24-8-10-2-4-21(5-3-10)9-15(16,17)18/h6-7,10H,2-5,8-9H2,1H3,(H2,19,22). The Balaban J connectivity index is 1.80. The Bertz CT molecular complexity index is 605. The van der Waals surface area contributed by atoms with Crippen LogP contribution < -0.4 is 5.73 Å². The molecule has 134 valence electrons. The SMILES string of the molecule is Cn1cc(C(N)=O)cc1C(=O)OCC1CCN(CC(F)(F)F)CC1. The molecule has 6 nitrogen and oxygen atoms in total. The quantitative estimate of drug-likeness (QED) is 0.820.